The lowest BCUT2D eigenvalue weighted by molar-refractivity contribution is 0.0790. The van der Waals surface area contributed by atoms with Gasteiger partial charge in [0.15, 0.2) is 0 Å². The van der Waals surface area contributed by atoms with Crippen molar-refractivity contribution in [1.29, 1.82) is 0 Å². The van der Waals surface area contributed by atoms with E-state index >= 15 is 0 Å². The molecular formula is C16H17ClN2O. The van der Waals surface area contributed by atoms with Gasteiger partial charge in [-0.2, -0.15) is 0 Å². The number of fused-ring (bicyclic) bond motifs is 1. The molecule has 1 saturated heterocycles. The van der Waals surface area contributed by atoms with Gasteiger partial charge in [0.05, 0.1) is 11.1 Å². The van der Waals surface area contributed by atoms with Crippen LogP contribution in [0.3, 0.4) is 0 Å². The highest BCUT2D eigenvalue weighted by Gasteiger charge is 2.27. The van der Waals surface area contributed by atoms with Crippen LogP contribution < -0.4 is 0 Å². The molecule has 0 spiro atoms. The van der Waals surface area contributed by atoms with E-state index in [1.165, 1.54) is 0 Å². The molecule has 2 aromatic rings. The summed E-state index contributed by atoms with van der Waals surface area (Å²) in [5.41, 5.74) is 2.51. The van der Waals surface area contributed by atoms with Crippen molar-refractivity contribution >= 4 is 28.4 Å². The zero-order chi connectivity index (χ0) is 14.1. The van der Waals surface area contributed by atoms with Crippen molar-refractivity contribution in [3.63, 3.8) is 0 Å². The third-order valence-corrected chi connectivity index (χ3v) is 4.30. The monoisotopic (exact) mass is 288 g/mol. The van der Waals surface area contributed by atoms with E-state index < -0.39 is 0 Å². The number of likely N-dealkylation sites (tertiary alicyclic amines) is 1. The number of alkyl halides is 1. The summed E-state index contributed by atoms with van der Waals surface area (Å²) >= 11 is 5.90. The molecule has 104 valence electrons. The summed E-state index contributed by atoms with van der Waals surface area (Å²) in [6.45, 7) is 3.48. The Morgan fingerprint density at radius 1 is 1.45 bits per heavy atom. The summed E-state index contributed by atoms with van der Waals surface area (Å²) in [6, 6.07) is 9.69. The molecule has 3 rings (SSSR count). The van der Waals surface area contributed by atoms with Crippen LogP contribution in [0.1, 0.15) is 22.5 Å². The SMILES string of the molecule is Cc1cc(C(=O)N2CCC(CCl)C2)c2ccccc2n1. The quantitative estimate of drug-likeness (QED) is 0.795. The number of aryl methyl sites for hydroxylation is 1. The van der Waals surface area contributed by atoms with E-state index in [4.69, 9.17) is 11.6 Å². The van der Waals surface area contributed by atoms with Crippen molar-refractivity contribution in [1.82, 2.24) is 9.88 Å². The number of hydrogen-bond acceptors (Lipinski definition) is 2. The van der Waals surface area contributed by atoms with Crippen LogP contribution in [0.15, 0.2) is 30.3 Å². The molecule has 2 heterocycles. The number of aromatic nitrogens is 1. The second kappa shape index (κ2) is 5.41. The van der Waals surface area contributed by atoms with Gasteiger partial charge in [-0.05, 0) is 31.4 Å². The van der Waals surface area contributed by atoms with Crippen LogP contribution in [-0.2, 0) is 0 Å². The molecule has 1 aromatic carbocycles. The minimum Gasteiger partial charge on any atom is -0.338 e. The molecule has 1 fully saturated rings. The van der Waals surface area contributed by atoms with E-state index in [9.17, 15) is 4.79 Å². The standard InChI is InChI=1S/C16H17ClN2O/c1-11-8-14(13-4-2-3-5-15(13)18-11)16(20)19-7-6-12(9-17)10-19/h2-5,8,12H,6-7,9-10H2,1H3. The van der Waals surface area contributed by atoms with Gasteiger partial charge in [0.25, 0.3) is 5.91 Å². The van der Waals surface area contributed by atoms with Crippen molar-refractivity contribution in [2.45, 2.75) is 13.3 Å². The third kappa shape index (κ3) is 2.38. The first-order chi connectivity index (χ1) is 9.69. The van der Waals surface area contributed by atoms with Gasteiger partial charge in [0.1, 0.15) is 0 Å². The maximum Gasteiger partial charge on any atom is 0.254 e. The van der Waals surface area contributed by atoms with Crippen LogP contribution in [0, 0.1) is 12.8 Å². The zero-order valence-electron chi connectivity index (χ0n) is 11.5. The zero-order valence-corrected chi connectivity index (χ0v) is 12.2. The third-order valence-electron chi connectivity index (χ3n) is 3.87. The lowest BCUT2D eigenvalue weighted by Gasteiger charge is -2.17. The maximum absolute atomic E-state index is 12.7. The Hall–Kier alpha value is -1.61. The van der Waals surface area contributed by atoms with E-state index in [0.717, 1.165) is 41.7 Å². The summed E-state index contributed by atoms with van der Waals surface area (Å²) in [6.07, 6.45) is 0.997. The van der Waals surface area contributed by atoms with Gasteiger partial charge in [0.2, 0.25) is 0 Å². The predicted octanol–water partition coefficient (Wildman–Crippen LogP) is 3.24. The average Bonchev–Trinajstić information content (AvgIpc) is 2.94. The Morgan fingerprint density at radius 2 is 2.25 bits per heavy atom. The molecule has 1 unspecified atom stereocenters. The number of hydrogen-bond donors (Lipinski definition) is 0. The number of halogens is 1. The molecule has 0 aliphatic carbocycles. The first-order valence-corrected chi connectivity index (χ1v) is 7.44. The largest absolute Gasteiger partial charge is 0.338 e. The Morgan fingerprint density at radius 3 is 3.00 bits per heavy atom. The fraction of sp³-hybridized carbons (Fsp3) is 0.375. The van der Waals surface area contributed by atoms with Crippen molar-refractivity contribution < 1.29 is 4.79 Å². The van der Waals surface area contributed by atoms with Crippen molar-refractivity contribution in [3.05, 3.63) is 41.6 Å². The number of carbonyl (C=O) groups is 1. The Kier molecular flexibility index (Phi) is 3.62. The number of para-hydroxylation sites is 1. The van der Waals surface area contributed by atoms with Gasteiger partial charge in [-0.25, -0.2) is 0 Å². The molecule has 0 bridgehead atoms. The first kappa shape index (κ1) is 13.4. The minimum absolute atomic E-state index is 0.0966. The van der Waals surface area contributed by atoms with Gasteiger partial charge in [0, 0.05) is 30.0 Å². The smallest absolute Gasteiger partial charge is 0.254 e. The molecule has 4 heteroatoms. The van der Waals surface area contributed by atoms with Crippen LogP contribution in [0.5, 0.6) is 0 Å². The molecule has 1 aliphatic heterocycles. The van der Waals surface area contributed by atoms with Crippen molar-refractivity contribution in [2.75, 3.05) is 19.0 Å². The summed E-state index contributed by atoms with van der Waals surface area (Å²) in [7, 11) is 0. The number of rotatable bonds is 2. The van der Waals surface area contributed by atoms with Crippen LogP contribution >= 0.6 is 11.6 Å². The van der Waals surface area contributed by atoms with E-state index in [-0.39, 0.29) is 5.91 Å². The van der Waals surface area contributed by atoms with E-state index in [2.05, 4.69) is 4.98 Å². The highest BCUT2D eigenvalue weighted by atomic mass is 35.5. The first-order valence-electron chi connectivity index (χ1n) is 6.90. The second-order valence-electron chi connectivity index (χ2n) is 5.39. The molecule has 1 aliphatic rings. The fourth-order valence-corrected chi connectivity index (χ4v) is 3.05. The van der Waals surface area contributed by atoms with Gasteiger partial charge in [-0.3, -0.25) is 9.78 Å². The van der Waals surface area contributed by atoms with Gasteiger partial charge in [-0.1, -0.05) is 18.2 Å². The predicted molar refractivity (Wildman–Crippen MR) is 81.2 cm³/mol. The molecule has 1 atom stereocenters. The number of amides is 1. The van der Waals surface area contributed by atoms with Crippen LogP contribution in [0.4, 0.5) is 0 Å². The summed E-state index contributed by atoms with van der Waals surface area (Å²) in [4.78, 5) is 19.1. The van der Waals surface area contributed by atoms with Gasteiger partial charge in [-0.15, -0.1) is 11.6 Å². The summed E-state index contributed by atoms with van der Waals surface area (Å²) in [5.74, 6) is 1.15. The van der Waals surface area contributed by atoms with Crippen molar-refractivity contribution in [3.8, 4) is 0 Å². The molecule has 3 nitrogen and oxygen atoms in total. The van der Waals surface area contributed by atoms with E-state index in [0.29, 0.717) is 11.8 Å². The molecule has 0 radical (unpaired) electrons. The van der Waals surface area contributed by atoms with Crippen molar-refractivity contribution in [2.24, 2.45) is 5.92 Å². The number of pyridine rings is 1. The van der Waals surface area contributed by atoms with Gasteiger partial charge < -0.3 is 4.90 Å². The van der Waals surface area contributed by atoms with E-state index in [1.54, 1.807) is 0 Å². The summed E-state index contributed by atoms with van der Waals surface area (Å²) < 4.78 is 0. The molecule has 20 heavy (non-hydrogen) atoms. The van der Waals surface area contributed by atoms with Crippen LogP contribution in [0.2, 0.25) is 0 Å². The second-order valence-corrected chi connectivity index (χ2v) is 5.70. The lowest BCUT2D eigenvalue weighted by Crippen LogP contribution is -2.29. The van der Waals surface area contributed by atoms with Crippen LogP contribution in [0.25, 0.3) is 10.9 Å². The number of nitrogens with zero attached hydrogens (tertiary/aromatic N) is 2. The molecule has 1 aromatic heterocycles. The maximum atomic E-state index is 12.7. The number of benzene rings is 1. The normalized spacial score (nSPS) is 18.7. The molecule has 0 saturated carbocycles. The lowest BCUT2D eigenvalue weighted by atomic mass is 10.1. The number of carbonyl (C=O) groups excluding carboxylic acids is 1. The Labute approximate surface area is 123 Å². The highest BCUT2D eigenvalue weighted by molar-refractivity contribution is 6.18. The fourth-order valence-electron chi connectivity index (χ4n) is 2.80. The van der Waals surface area contributed by atoms with Gasteiger partial charge >= 0.3 is 0 Å². The molecule has 1 amide bonds. The Bertz CT molecular complexity index is 656. The minimum atomic E-state index is 0.0966. The van der Waals surface area contributed by atoms with Crippen LogP contribution in [-0.4, -0.2) is 34.8 Å². The summed E-state index contributed by atoms with van der Waals surface area (Å²) in [5, 5.41) is 0.928. The highest BCUT2D eigenvalue weighted by Crippen LogP contribution is 2.24. The Balaban J connectivity index is 1.99. The van der Waals surface area contributed by atoms with E-state index in [1.807, 2.05) is 42.2 Å². The molecular weight excluding hydrogens is 272 g/mol. The topological polar surface area (TPSA) is 33.2 Å². The average molecular weight is 289 g/mol. The molecule has 0 N–H and O–H groups in total.